The van der Waals surface area contributed by atoms with Gasteiger partial charge in [0.05, 0.1) is 7.11 Å². The first-order chi connectivity index (χ1) is 10.2. The average Bonchev–Trinajstić information content (AvgIpc) is 2.55. The number of hydrogen-bond acceptors (Lipinski definition) is 4. The molecule has 0 bridgehead atoms. The molecular weight excluding hydrogens is 266 g/mol. The van der Waals surface area contributed by atoms with Gasteiger partial charge in [0.2, 0.25) is 0 Å². The highest BCUT2D eigenvalue weighted by molar-refractivity contribution is 5.67. The summed E-state index contributed by atoms with van der Waals surface area (Å²) < 4.78 is 4.77. The van der Waals surface area contributed by atoms with Gasteiger partial charge in [-0.25, -0.2) is 4.79 Å². The van der Waals surface area contributed by atoms with Crippen LogP contribution in [-0.4, -0.2) is 42.2 Å². The molecule has 1 aliphatic heterocycles. The Labute approximate surface area is 126 Å². The lowest BCUT2D eigenvalue weighted by Crippen LogP contribution is -2.45. The SMILES string of the molecule is CCC[C@@H](NC1CCN(C(=O)OC)CC1)c1cccnc1. The van der Waals surface area contributed by atoms with Crippen LogP contribution in [0.5, 0.6) is 0 Å². The molecule has 0 unspecified atom stereocenters. The van der Waals surface area contributed by atoms with Crippen LogP contribution in [0.25, 0.3) is 0 Å². The monoisotopic (exact) mass is 291 g/mol. The van der Waals surface area contributed by atoms with Crippen LogP contribution < -0.4 is 5.32 Å². The minimum Gasteiger partial charge on any atom is -0.453 e. The van der Waals surface area contributed by atoms with Crippen molar-refractivity contribution in [3.63, 3.8) is 0 Å². The van der Waals surface area contributed by atoms with Crippen LogP contribution >= 0.6 is 0 Å². The highest BCUT2D eigenvalue weighted by Crippen LogP contribution is 2.21. The van der Waals surface area contributed by atoms with Gasteiger partial charge in [0.15, 0.2) is 0 Å². The van der Waals surface area contributed by atoms with Crippen LogP contribution in [-0.2, 0) is 4.74 Å². The van der Waals surface area contributed by atoms with Crippen LogP contribution in [0.3, 0.4) is 0 Å². The highest BCUT2D eigenvalue weighted by Gasteiger charge is 2.25. The fourth-order valence-corrected chi connectivity index (χ4v) is 2.86. The van der Waals surface area contributed by atoms with E-state index < -0.39 is 0 Å². The third kappa shape index (κ3) is 4.43. The average molecular weight is 291 g/mol. The molecule has 5 nitrogen and oxygen atoms in total. The Bertz CT molecular complexity index is 430. The number of hydrogen-bond donors (Lipinski definition) is 1. The lowest BCUT2D eigenvalue weighted by Gasteiger charge is -2.34. The van der Waals surface area contributed by atoms with Gasteiger partial charge >= 0.3 is 6.09 Å². The van der Waals surface area contributed by atoms with Crippen molar-refractivity contribution in [2.45, 2.75) is 44.7 Å². The van der Waals surface area contributed by atoms with Crippen LogP contribution in [0.15, 0.2) is 24.5 Å². The second kappa shape index (κ2) is 7.98. The number of amides is 1. The van der Waals surface area contributed by atoms with E-state index in [1.54, 1.807) is 11.1 Å². The number of ether oxygens (including phenoxy) is 1. The summed E-state index contributed by atoms with van der Waals surface area (Å²) in [6.07, 6.45) is 7.70. The molecule has 0 aromatic carbocycles. The molecule has 0 spiro atoms. The summed E-state index contributed by atoms with van der Waals surface area (Å²) in [5.74, 6) is 0. The number of nitrogens with one attached hydrogen (secondary N) is 1. The fraction of sp³-hybridized carbons (Fsp3) is 0.625. The number of piperidine rings is 1. The van der Waals surface area contributed by atoms with Gasteiger partial charge in [0.1, 0.15) is 0 Å². The van der Waals surface area contributed by atoms with Crippen LogP contribution in [0, 0.1) is 0 Å². The van der Waals surface area contributed by atoms with Crippen LogP contribution in [0.2, 0.25) is 0 Å². The minimum atomic E-state index is -0.217. The number of pyridine rings is 1. The second-order valence-electron chi connectivity index (χ2n) is 5.53. The molecule has 2 heterocycles. The number of methoxy groups -OCH3 is 1. The smallest absolute Gasteiger partial charge is 0.409 e. The number of likely N-dealkylation sites (tertiary alicyclic amines) is 1. The van der Waals surface area contributed by atoms with E-state index in [0.717, 1.165) is 38.8 Å². The van der Waals surface area contributed by atoms with Gasteiger partial charge in [-0.05, 0) is 30.9 Å². The Hall–Kier alpha value is -1.62. The number of carbonyl (C=O) groups excluding carboxylic acids is 1. The molecule has 1 atom stereocenters. The predicted octanol–water partition coefficient (Wildman–Crippen LogP) is 2.74. The Balaban J connectivity index is 1.89. The van der Waals surface area contributed by atoms with Crippen LogP contribution in [0.1, 0.15) is 44.2 Å². The van der Waals surface area contributed by atoms with Crippen molar-refractivity contribution in [3.05, 3.63) is 30.1 Å². The molecule has 116 valence electrons. The highest BCUT2D eigenvalue weighted by atomic mass is 16.5. The maximum Gasteiger partial charge on any atom is 0.409 e. The second-order valence-corrected chi connectivity index (χ2v) is 5.53. The van der Waals surface area contributed by atoms with E-state index in [4.69, 9.17) is 4.74 Å². The zero-order valence-corrected chi connectivity index (χ0v) is 12.9. The summed E-state index contributed by atoms with van der Waals surface area (Å²) >= 11 is 0. The Morgan fingerprint density at radius 2 is 2.29 bits per heavy atom. The van der Waals surface area contributed by atoms with Gasteiger partial charge in [-0.3, -0.25) is 4.98 Å². The molecule has 2 rings (SSSR count). The summed E-state index contributed by atoms with van der Waals surface area (Å²) in [5, 5.41) is 3.73. The zero-order chi connectivity index (χ0) is 15.1. The van der Waals surface area contributed by atoms with E-state index in [-0.39, 0.29) is 6.09 Å². The van der Waals surface area contributed by atoms with Crippen molar-refractivity contribution in [1.29, 1.82) is 0 Å². The molecule has 0 radical (unpaired) electrons. The third-order valence-electron chi connectivity index (χ3n) is 4.03. The molecule has 1 saturated heterocycles. The first-order valence-corrected chi connectivity index (χ1v) is 7.73. The summed E-state index contributed by atoms with van der Waals surface area (Å²) in [5.41, 5.74) is 1.25. The number of rotatable bonds is 5. The topological polar surface area (TPSA) is 54.5 Å². The van der Waals surface area contributed by atoms with Crippen molar-refractivity contribution in [3.8, 4) is 0 Å². The first-order valence-electron chi connectivity index (χ1n) is 7.73. The Morgan fingerprint density at radius 1 is 1.52 bits per heavy atom. The zero-order valence-electron chi connectivity index (χ0n) is 12.9. The molecule has 0 saturated carbocycles. The maximum atomic E-state index is 11.5. The largest absolute Gasteiger partial charge is 0.453 e. The Morgan fingerprint density at radius 3 is 2.86 bits per heavy atom. The van der Waals surface area contributed by atoms with E-state index >= 15 is 0 Å². The third-order valence-corrected chi connectivity index (χ3v) is 4.03. The molecule has 1 N–H and O–H groups in total. The van der Waals surface area contributed by atoms with Crippen molar-refractivity contribution in [2.24, 2.45) is 0 Å². The van der Waals surface area contributed by atoms with E-state index in [1.807, 2.05) is 12.3 Å². The molecule has 1 aromatic rings. The summed E-state index contributed by atoms with van der Waals surface area (Å²) in [7, 11) is 1.44. The van der Waals surface area contributed by atoms with Gasteiger partial charge in [-0.15, -0.1) is 0 Å². The quantitative estimate of drug-likeness (QED) is 0.906. The normalized spacial score (nSPS) is 17.5. The van der Waals surface area contributed by atoms with Gasteiger partial charge in [-0.2, -0.15) is 0 Å². The predicted molar refractivity (Wildman–Crippen MR) is 82.0 cm³/mol. The van der Waals surface area contributed by atoms with E-state index in [0.29, 0.717) is 12.1 Å². The molecule has 1 aliphatic rings. The van der Waals surface area contributed by atoms with Gasteiger partial charge in [0.25, 0.3) is 0 Å². The van der Waals surface area contributed by atoms with Crippen molar-refractivity contribution in [2.75, 3.05) is 20.2 Å². The van der Waals surface area contributed by atoms with Gasteiger partial charge in [0, 0.05) is 37.6 Å². The van der Waals surface area contributed by atoms with Gasteiger partial charge < -0.3 is 15.0 Å². The van der Waals surface area contributed by atoms with Crippen LogP contribution in [0.4, 0.5) is 4.79 Å². The van der Waals surface area contributed by atoms with E-state index in [9.17, 15) is 4.79 Å². The lowest BCUT2D eigenvalue weighted by molar-refractivity contribution is 0.108. The van der Waals surface area contributed by atoms with E-state index in [1.165, 1.54) is 12.7 Å². The molecule has 5 heteroatoms. The number of nitrogens with zero attached hydrogens (tertiary/aromatic N) is 2. The summed E-state index contributed by atoms with van der Waals surface area (Å²) in [6.45, 7) is 3.72. The molecule has 1 aromatic heterocycles. The molecule has 1 fully saturated rings. The minimum absolute atomic E-state index is 0.217. The number of carbonyl (C=O) groups is 1. The van der Waals surface area contributed by atoms with Crippen molar-refractivity contribution >= 4 is 6.09 Å². The molecule has 1 amide bonds. The first kappa shape index (κ1) is 15.8. The van der Waals surface area contributed by atoms with Crippen molar-refractivity contribution < 1.29 is 9.53 Å². The van der Waals surface area contributed by atoms with Gasteiger partial charge in [-0.1, -0.05) is 19.4 Å². The lowest BCUT2D eigenvalue weighted by atomic mass is 9.99. The van der Waals surface area contributed by atoms with Crippen molar-refractivity contribution in [1.82, 2.24) is 15.2 Å². The molecular formula is C16H25N3O2. The summed E-state index contributed by atoms with van der Waals surface area (Å²) in [4.78, 5) is 17.5. The fourth-order valence-electron chi connectivity index (χ4n) is 2.86. The molecule has 21 heavy (non-hydrogen) atoms. The summed E-state index contributed by atoms with van der Waals surface area (Å²) in [6, 6.07) is 4.91. The molecule has 0 aliphatic carbocycles. The standard InChI is InChI=1S/C16H25N3O2/c1-3-5-15(13-6-4-9-17-12-13)18-14-7-10-19(11-8-14)16(20)21-2/h4,6,9,12,14-15,18H,3,5,7-8,10-11H2,1-2H3/t15-/m1/s1. The van der Waals surface area contributed by atoms with E-state index in [2.05, 4.69) is 23.3 Å². The maximum absolute atomic E-state index is 11.5. The Kier molecular flexibility index (Phi) is 5.99. The number of aromatic nitrogens is 1.